The number of pyridine rings is 1. The molecule has 0 unspecified atom stereocenters. The molecule has 0 aliphatic heterocycles. The number of hydrogen-bond donors (Lipinski definition) is 2. The highest BCUT2D eigenvalue weighted by atomic mass is 32.2. The van der Waals surface area contributed by atoms with Gasteiger partial charge >= 0.3 is 0 Å². The molecule has 108 valence electrons. The van der Waals surface area contributed by atoms with Crippen LogP contribution in [0.4, 0.5) is 0 Å². The van der Waals surface area contributed by atoms with Crippen molar-refractivity contribution in [2.45, 2.75) is 10.8 Å². The summed E-state index contributed by atoms with van der Waals surface area (Å²) in [5.74, 6) is 0.949. The van der Waals surface area contributed by atoms with Gasteiger partial charge in [-0.1, -0.05) is 6.07 Å². The summed E-state index contributed by atoms with van der Waals surface area (Å²) in [7, 11) is -3.50. The Bertz CT molecular complexity index is 812. The van der Waals surface area contributed by atoms with Gasteiger partial charge in [0.15, 0.2) is 5.82 Å². The number of sulfonamides is 1. The summed E-state index contributed by atoms with van der Waals surface area (Å²) >= 11 is 1.16. The Labute approximate surface area is 125 Å². The first-order valence-electron chi connectivity index (χ1n) is 6.00. The van der Waals surface area contributed by atoms with Gasteiger partial charge in [-0.3, -0.25) is 10.1 Å². The lowest BCUT2D eigenvalue weighted by atomic mass is 10.2. The van der Waals surface area contributed by atoms with Crippen molar-refractivity contribution in [1.29, 1.82) is 0 Å². The largest absolute Gasteiger partial charge is 0.265 e. The lowest BCUT2D eigenvalue weighted by Crippen LogP contribution is -2.23. The van der Waals surface area contributed by atoms with E-state index in [1.165, 1.54) is 0 Å². The molecular formula is C12H11N5O2S2. The van der Waals surface area contributed by atoms with E-state index in [0.717, 1.165) is 16.9 Å². The fraction of sp³-hybridized carbons (Fsp3) is 0.0833. The minimum absolute atomic E-state index is 0.0539. The molecular weight excluding hydrogens is 310 g/mol. The van der Waals surface area contributed by atoms with Crippen LogP contribution in [0.25, 0.3) is 11.4 Å². The standard InChI is InChI=1S/C12H11N5O2S2/c18-21(19,11-2-1-7-20-11)14-8-10-15-12(17-16-10)9-3-5-13-6-4-9/h1-7,14H,8H2,(H,15,16,17). The van der Waals surface area contributed by atoms with Gasteiger partial charge in [-0.05, 0) is 23.6 Å². The summed E-state index contributed by atoms with van der Waals surface area (Å²) < 4.78 is 26.7. The number of aromatic amines is 1. The molecule has 0 aromatic carbocycles. The molecule has 3 heterocycles. The van der Waals surface area contributed by atoms with Crippen molar-refractivity contribution in [3.05, 3.63) is 47.9 Å². The predicted octanol–water partition coefficient (Wildman–Crippen LogP) is 1.41. The third-order valence-electron chi connectivity index (χ3n) is 2.66. The minimum Gasteiger partial charge on any atom is -0.265 e. The third-order valence-corrected chi connectivity index (χ3v) is 5.46. The first kappa shape index (κ1) is 13.9. The lowest BCUT2D eigenvalue weighted by Gasteiger charge is -2.01. The number of nitrogens with one attached hydrogen (secondary N) is 2. The number of nitrogens with zero attached hydrogens (tertiary/aromatic N) is 3. The SMILES string of the molecule is O=S(=O)(NCc1nc(-c2ccncc2)n[nH]1)c1cccs1. The van der Waals surface area contributed by atoms with E-state index < -0.39 is 10.0 Å². The molecule has 0 atom stereocenters. The van der Waals surface area contributed by atoms with Gasteiger partial charge in [-0.15, -0.1) is 11.3 Å². The van der Waals surface area contributed by atoms with Crippen molar-refractivity contribution in [2.24, 2.45) is 0 Å². The summed E-state index contributed by atoms with van der Waals surface area (Å²) in [6.45, 7) is 0.0539. The van der Waals surface area contributed by atoms with Gasteiger partial charge in [0.1, 0.15) is 10.0 Å². The Balaban J connectivity index is 1.71. The molecule has 0 fully saturated rings. The maximum Gasteiger partial charge on any atom is 0.250 e. The molecule has 0 bridgehead atoms. The van der Waals surface area contributed by atoms with Gasteiger partial charge < -0.3 is 0 Å². The lowest BCUT2D eigenvalue weighted by molar-refractivity contribution is 0.581. The minimum atomic E-state index is -3.50. The molecule has 0 radical (unpaired) electrons. The molecule has 21 heavy (non-hydrogen) atoms. The van der Waals surface area contributed by atoms with Crippen molar-refractivity contribution < 1.29 is 8.42 Å². The Morgan fingerprint density at radius 3 is 2.76 bits per heavy atom. The van der Waals surface area contributed by atoms with Crippen molar-refractivity contribution >= 4 is 21.4 Å². The number of thiophene rings is 1. The number of H-pyrrole nitrogens is 1. The van der Waals surface area contributed by atoms with Crippen LogP contribution in [0.5, 0.6) is 0 Å². The zero-order valence-electron chi connectivity index (χ0n) is 10.7. The Morgan fingerprint density at radius 1 is 1.24 bits per heavy atom. The second-order valence-electron chi connectivity index (χ2n) is 4.10. The average Bonchev–Trinajstić information content (AvgIpc) is 3.18. The third kappa shape index (κ3) is 3.15. The van der Waals surface area contributed by atoms with E-state index in [1.807, 2.05) is 0 Å². The Morgan fingerprint density at radius 2 is 2.05 bits per heavy atom. The molecule has 7 nitrogen and oxygen atoms in total. The molecule has 0 aliphatic carbocycles. The molecule has 0 aliphatic rings. The zero-order chi connectivity index (χ0) is 14.7. The van der Waals surface area contributed by atoms with E-state index in [9.17, 15) is 8.42 Å². The van der Waals surface area contributed by atoms with E-state index in [-0.39, 0.29) is 10.8 Å². The highest BCUT2D eigenvalue weighted by Gasteiger charge is 2.15. The van der Waals surface area contributed by atoms with E-state index in [2.05, 4.69) is 24.9 Å². The van der Waals surface area contributed by atoms with E-state index >= 15 is 0 Å². The van der Waals surface area contributed by atoms with Gasteiger partial charge in [0.25, 0.3) is 0 Å². The summed E-state index contributed by atoms with van der Waals surface area (Å²) in [4.78, 5) is 8.17. The normalized spacial score (nSPS) is 11.6. The molecule has 2 N–H and O–H groups in total. The smallest absolute Gasteiger partial charge is 0.250 e. The van der Waals surface area contributed by atoms with E-state index in [4.69, 9.17) is 0 Å². The Kier molecular flexibility index (Phi) is 3.78. The maximum absolute atomic E-state index is 12.0. The highest BCUT2D eigenvalue weighted by Crippen LogP contribution is 2.16. The van der Waals surface area contributed by atoms with Crippen molar-refractivity contribution in [3.63, 3.8) is 0 Å². The predicted molar refractivity (Wildman–Crippen MR) is 78.0 cm³/mol. The number of hydrogen-bond acceptors (Lipinski definition) is 6. The first-order valence-corrected chi connectivity index (χ1v) is 8.36. The summed E-state index contributed by atoms with van der Waals surface area (Å²) in [5, 5.41) is 8.48. The summed E-state index contributed by atoms with van der Waals surface area (Å²) in [6, 6.07) is 6.80. The average molecular weight is 321 g/mol. The molecule has 0 saturated heterocycles. The van der Waals surface area contributed by atoms with Crippen LogP contribution in [0.2, 0.25) is 0 Å². The quantitative estimate of drug-likeness (QED) is 0.740. The summed E-state index contributed by atoms with van der Waals surface area (Å²) in [5.41, 5.74) is 0.814. The monoisotopic (exact) mass is 321 g/mol. The zero-order valence-corrected chi connectivity index (χ0v) is 12.4. The first-order chi connectivity index (χ1) is 10.1. The van der Waals surface area contributed by atoms with Crippen molar-refractivity contribution in [1.82, 2.24) is 24.9 Å². The van der Waals surface area contributed by atoms with Gasteiger partial charge in [0, 0.05) is 18.0 Å². The van der Waals surface area contributed by atoms with Crippen LogP contribution in [-0.4, -0.2) is 28.6 Å². The highest BCUT2D eigenvalue weighted by molar-refractivity contribution is 7.91. The maximum atomic E-state index is 12.0. The van der Waals surface area contributed by atoms with E-state index in [0.29, 0.717) is 11.6 Å². The van der Waals surface area contributed by atoms with Crippen LogP contribution in [0.1, 0.15) is 5.82 Å². The summed E-state index contributed by atoms with van der Waals surface area (Å²) in [6.07, 6.45) is 3.29. The van der Waals surface area contributed by atoms with Crippen LogP contribution in [0.3, 0.4) is 0 Å². The van der Waals surface area contributed by atoms with Crippen LogP contribution in [-0.2, 0) is 16.6 Å². The molecule has 0 amide bonds. The Hall–Kier alpha value is -2.10. The second kappa shape index (κ2) is 5.72. The van der Waals surface area contributed by atoms with Crippen molar-refractivity contribution in [3.8, 4) is 11.4 Å². The van der Waals surface area contributed by atoms with Gasteiger partial charge in [0.05, 0.1) is 6.54 Å². The fourth-order valence-corrected chi connectivity index (χ4v) is 3.68. The fourth-order valence-electron chi connectivity index (χ4n) is 1.66. The molecule has 0 saturated carbocycles. The molecule has 0 spiro atoms. The molecule has 9 heteroatoms. The molecule has 3 rings (SSSR count). The van der Waals surface area contributed by atoms with Crippen molar-refractivity contribution in [2.75, 3.05) is 0 Å². The van der Waals surface area contributed by atoms with Gasteiger partial charge in [-0.2, -0.15) is 5.10 Å². The van der Waals surface area contributed by atoms with Gasteiger partial charge in [-0.25, -0.2) is 18.1 Å². The van der Waals surface area contributed by atoms with Crippen LogP contribution in [0.15, 0.2) is 46.2 Å². The van der Waals surface area contributed by atoms with Crippen LogP contribution in [0, 0.1) is 0 Å². The van der Waals surface area contributed by atoms with Crippen LogP contribution >= 0.6 is 11.3 Å². The number of aromatic nitrogens is 4. The molecule has 3 aromatic heterocycles. The van der Waals surface area contributed by atoms with E-state index in [1.54, 1.807) is 42.0 Å². The van der Waals surface area contributed by atoms with Crippen LogP contribution < -0.4 is 4.72 Å². The van der Waals surface area contributed by atoms with Gasteiger partial charge in [0.2, 0.25) is 10.0 Å². The number of rotatable bonds is 5. The topological polar surface area (TPSA) is 101 Å². The molecule has 3 aromatic rings. The second-order valence-corrected chi connectivity index (χ2v) is 7.04.